The molecule has 6 heteroatoms. The lowest BCUT2D eigenvalue weighted by molar-refractivity contribution is 0.374. The molecule has 2 aromatic rings. The fourth-order valence-corrected chi connectivity index (χ4v) is 1.80. The normalized spacial score (nSPS) is 11.2. The topological polar surface area (TPSA) is 63.8 Å². The molecular formula is C10H14N4OS. The summed E-state index contributed by atoms with van der Waals surface area (Å²) in [5, 5.41) is 7.21. The van der Waals surface area contributed by atoms with E-state index in [1.54, 1.807) is 11.7 Å². The van der Waals surface area contributed by atoms with Crippen LogP contribution < -0.4 is 5.32 Å². The van der Waals surface area contributed by atoms with Crippen LogP contribution in [0.25, 0.3) is 10.7 Å². The van der Waals surface area contributed by atoms with Gasteiger partial charge < -0.3 is 9.84 Å². The number of aromatic nitrogens is 3. The molecule has 0 radical (unpaired) electrons. The van der Waals surface area contributed by atoms with Crippen LogP contribution in [0.4, 0.5) is 0 Å². The molecule has 0 aliphatic heterocycles. The standard InChI is InChI=1S/C10H14N4OS/c1-7(2)12-4-3-9-13-10(14-15-9)8-5-11-6-16-8/h5-7,12H,3-4H2,1-2H3. The predicted molar refractivity (Wildman–Crippen MR) is 62.2 cm³/mol. The van der Waals surface area contributed by atoms with Gasteiger partial charge in [0.1, 0.15) is 0 Å². The molecule has 86 valence electrons. The zero-order chi connectivity index (χ0) is 11.4. The van der Waals surface area contributed by atoms with Gasteiger partial charge in [-0.2, -0.15) is 4.98 Å². The van der Waals surface area contributed by atoms with Gasteiger partial charge in [0.05, 0.1) is 10.4 Å². The van der Waals surface area contributed by atoms with Crippen LogP contribution in [0.5, 0.6) is 0 Å². The summed E-state index contributed by atoms with van der Waals surface area (Å²) in [7, 11) is 0. The number of hydrogen-bond acceptors (Lipinski definition) is 6. The molecule has 0 aliphatic rings. The Bertz CT molecular complexity index is 424. The van der Waals surface area contributed by atoms with Crippen molar-refractivity contribution in [3.8, 4) is 10.7 Å². The molecule has 2 rings (SSSR count). The first-order chi connectivity index (χ1) is 7.75. The highest BCUT2D eigenvalue weighted by Crippen LogP contribution is 2.19. The number of thiazole rings is 1. The molecule has 1 N–H and O–H groups in total. The number of nitrogens with zero attached hydrogens (tertiary/aromatic N) is 3. The Morgan fingerprint density at radius 2 is 2.38 bits per heavy atom. The first kappa shape index (κ1) is 11.2. The fraction of sp³-hybridized carbons (Fsp3) is 0.500. The van der Waals surface area contributed by atoms with Crippen molar-refractivity contribution in [2.75, 3.05) is 6.54 Å². The monoisotopic (exact) mass is 238 g/mol. The van der Waals surface area contributed by atoms with Gasteiger partial charge in [-0.1, -0.05) is 19.0 Å². The first-order valence-corrected chi connectivity index (χ1v) is 6.08. The molecule has 0 amide bonds. The smallest absolute Gasteiger partial charge is 0.228 e. The van der Waals surface area contributed by atoms with E-state index in [4.69, 9.17) is 4.52 Å². The Balaban J connectivity index is 1.93. The average Bonchev–Trinajstić information content (AvgIpc) is 2.85. The van der Waals surface area contributed by atoms with Crippen molar-refractivity contribution in [3.05, 3.63) is 17.6 Å². The van der Waals surface area contributed by atoms with Crippen molar-refractivity contribution in [2.24, 2.45) is 0 Å². The van der Waals surface area contributed by atoms with Crippen LogP contribution in [0.1, 0.15) is 19.7 Å². The third-order valence-electron chi connectivity index (χ3n) is 2.01. The maximum absolute atomic E-state index is 5.15. The number of hydrogen-bond donors (Lipinski definition) is 1. The summed E-state index contributed by atoms with van der Waals surface area (Å²) in [5.74, 6) is 1.29. The third-order valence-corrected chi connectivity index (χ3v) is 2.78. The van der Waals surface area contributed by atoms with E-state index in [0.29, 0.717) is 17.8 Å². The SMILES string of the molecule is CC(C)NCCc1nc(-c2cncs2)no1. The highest BCUT2D eigenvalue weighted by molar-refractivity contribution is 7.13. The third kappa shape index (κ3) is 2.86. The highest BCUT2D eigenvalue weighted by atomic mass is 32.1. The Morgan fingerprint density at radius 3 is 3.06 bits per heavy atom. The summed E-state index contributed by atoms with van der Waals surface area (Å²) >= 11 is 1.51. The molecule has 0 aromatic carbocycles. The average molecular weight is 238 g/mol. The van der Waals surface area contributed by atoms with E-state index < -0.39 is 0 Å². The van der Waals surface area contributed by atoms with Crippen molar-refractivity contribution in [2.45, 2.75) is 26.3 Å². The van der Waals surface area contributed by atoms with E-state index in [0.717, 1.165) is 17.8 Å². The van der Waals surface area contributed by atoms with E-state index in [9.17, 15) is 0 Å². The lowest BCUT2D eigenvalue weighted by Crippen LogP contribution is -2.24. The Morgan fingerprint density at radius 1 is 1.50 bits per heavy atom. The van der Waals surface area contributed by atoms with Gasteiger partial charge in [0.2, 0.25) is 11.7 Å². The highest BCUT2D eigenvalue weighted by Gasteiger charge is 2.09. The van der Waals surface area contributed by atoms with Gasteiger partial charge in [-0.25, -0.2) is 0 Å². The molecule has 2 aromatic heterocycles. The predicted octanol–water partition coefficient (Wildman–Crippen LogP) is 1.73. The summed E-state index contributed by atoms with van der Waals surface area (Å²) in [4.78, 5) is 9.22. The molecule has 0 unspecified atom stereocenters. The molecule has 0 atom stereocenters. The molecule has 16 heavy (non-hydrogen) atoms. The van der Waals surface area contributed by atoms with E-state index in [-0.39, 0.29) is 0 Å². The molecule has 5 nitrogen and oxygen atoms in total. The molecule has 0 spiro atoms. The minimum Gasteiger partial charge on any atom is -0.339 e. The molecule has 0 saturated heterocycles. The van der Waals surface area contributed by atoms with Crippen LogP contribution >= 0.6 is 11.3 Å². The number of nitrogens with one attached hydrogen (secondary N) is 1. The van der Waals surface area contributed by atoms with Crippen molar-refractivity contribution >= 4 is 11.3 Å². The van der Waals surface area contributed by atoms with Crippen LogP contribution in [-0.4, -0.2) is 27.7 Å². The Kier molecular flexibility index (Phi) is 3.63. The van der Waals surface area contributed by atoms with Gasteiger partial charge in [0.25, 0.3) is 0 Å². The van der Waals surface area contributed by atoms with E-state index >= 15 is 0 Å². The largest absolute Gasteiger partial charge is 0.339 e. The van der Waals surface area contributed by atoms with Gasteiger partial charge in [-0.15, -0.1) is 11.3 Å². The van der Waals surface area contributed by atoms with Gasteiger partial charge in [-0.05, 0) is 0 Å². The van der Waals surface area contributed by atoms with Crippen molar-refractivity contribution < 1.29 is 4.52 Å². The second-order valence-electron chi connectivity index (χ2n) is 3.74. The van der Waals surface area contributed by atoms with Gasteiger partial charge in [0.15, 0.2) is 0 Å². The molecule has 2 heterocycles. The Labute approximate surface area is 97.9 Å². The lowest BCUT2D eigenvalue weighted by atomic mass is 10.3. The molecule has 0 bridgehead atoms. The van der Waals surface area contributed by atoms with Gasteiger partial charge in [-0.3, -0.25) is 4.98 Å². The molecule has 0 aliphatic carbocycles. The minimum absolute atomic E-state index is 0.476. The summed E-state index contributed by atoms with van der Waals surface area (Å²) in [5.41, 5.74) is 1.76. The van der Waals surface area contributed by atoms with Crippen molar-refractivity contribution in [3.63, 3.8) is 0 Å². The minimum atomic E-state index is 0.476. The summed E-state index contributed by atoms with van der Waals surface area (Å²) in [6.07, 6.45) is 2.50. The second kappa shape index (κ2) is 5.18. The van der Waals surface area contributed by atoms with Crippen LogP contribution in [0.2, 0.25) is 0 Å². The first-order valence-electron chi connectivity index (χ1n) is 5.20. The van der Waals surface area contributed by atoms with E-state index in [2.05, 4.69) is 34.3 Å². The van der Waals surface area contributed by atoms with Crippen LogP contribution in [0, 0.1) is 0 Å². The Hall–Kier alpha value is -1.27. The molecule has 0 fully saturated rings. The van der Waals surface area contributed by atoms with Crippen LogP contribution in [0.3, 0.4) is 0 Å². The lowest BCUT2D eigenvalue weighted by Gasteiger charge is -2.04. The molecule has 0 saturated carbocycles. The quantitative estimate of drug-likeness (QED) is 0.859. The van der Waals surface area contributed by atoms with Gasteiger partial charge in [0, 0.05) is 25.2 Å². The summed E-state index contributed by atoms with van der Waals surface area (Å²) in [6, 6.07) is 0.476. The zero-order valence-corrected chi connectivity index (χ0v) is 10.1. The van der Waals surface area contributed by atoms with Crippen molar-refractivity contribution in [1.29, 1.82) is 0 Å². The fourth-order valence-electron chi connectivity index (χ4n) is 1.25. The maximum Gasteiger partial charge on any atom is 0.228 e. The summed E-state index contributed by atoms with van der Waals surface area (Å²) < 4.78 is 5.15. The zero-order valence-electron chi connectivity index (χ0n) is 9.30. The van der Waals surface area contributed by atoms with E-state index in [1.807, 2.05) is 0 Å². The maximum atomic E-state index is 5.15. The van der Waals surface area contributed by atoms with Gasteiger partial charge >= 0.3 is 0 Å². The van der Waals surface area contributed by atoms with Crippen LogP contribution in [-0.2, 0) is 6.42 Å². The van der Waals surface area contributed by atoms with E-state index in [1.165, 1.54) is 11.3 Å². The van der Waals surface area contributed by atoms with Crippen LogP contribution in [0.15, 0.2) is 16.2 Å². The molecular weight excluding hydrogens is 224 g/mol. The summed E-state index contributed by atoms with van der Waals surface area (Å²) in [6.45, 7) is 5.06. The second-order valence-corrected chi connectivity index (χ2v) is 4.62. The van der Waals surface area contributed by atoms with Crippen molar-refractivity contribution in [1.82, 2.24) is 20.4 Å². The number of rotatable bonds is 5.